The number of carbonyl (C=O) groups is 6. The Morgan fingerprint density at radius 3 is 1.39 bits per heavy atom. The van der Waals surface area contributed by atoms with E-state index in [0.29, 0.717) is 63.2 Å². The largest absolute Gasteiger partial charge is 0.439 e. The molecule has 4 atom stereocenters. The lowest BCUT2D eigenvalue weighted by Crippen LogP contribution is -2.59. The van der Waals surface area contributed by atoms with Crippen LogP contribution in [-0.4, -0.2) is 93.7 Å². The Morgan fingerprint density at radius 2 is 0.944 bits per heavy atom. The summed E-state index contributed by atoms with van der Waals surface area (Å²) < 4.78 is 37.5. The minimum Gasteiger partial charge on any atom is -0.439 e. The molecule has 6 heterocycles. The molecular weight excluding hydrogens is 1200 g/mol. The molecule has 0 aliphatic carbocycles. The van der Waals surface area contributed by atoms with Crippen LogP contribution in [0.15, 0.2) is 77.6 Å². The third-order valence-corrected chi connectivity index (χ3v) is 17.9. The summed E-state index contributed by atoms with van der Waals surface area (Å²) in [5, 5.41) is 25.5. The molecule has 1 N–H and O–H groups in total. The number of aromatic amines is 1. The van der Waals surface area contributed by atoms with Gasteiger partial charge in [0.25, 0.3) is 5.56 Å². The van der Waals surface area contributed by atoms with E-state index in [1.54, 1.807) is 150 Å². The number of Topliss-reactive ketones (excluding diaryl/α,β-unsaturated/α-hetero) is 6. The summed E-state index contributed by atoms with van der Waals surface area (Å²) in [6, 6.07) is 21.9. The Kier molecular flexibility index (Phi) is 18.3. The lowest BCUT2D eigenvalue weighted by molar-refractivity contribution is -0.189. The van der Waals surface area contributed by atoms with Crippen LogP contribution in [-0.2, 0) is 62.2 Å². The van der Waals surface area contributed by atoms with E-state index in [9.17, 15) is 29.2 Å². The minimum atomic E-state index is -1.57. The van der Waals surface area contributed by atoms with Crippen molar-refractivity contribution in [1.29, 1.82) is 5.26 Å². The average molecular weight is 1270 g/mol. The van der Waals surface area contributed by atoms with Crippen LogP contribution >= 0.6 is 34.8 Å². The molecular formula is C67H69Cl3N6O13. The summed E-state index contributed by atoms with van der Waals surface area (Å²) in [5.74, 6) is -6.11. The van der Waals surface area contributed by atoms with Crippen LogP contribution in [0.3, 0.4) is 0 Å². The van der Waals surface area contributed by atoms with Crippen molar-refractivity contribution in [3.05, 3.63) is 149 Å². The van der Waals surface area contributed by atoms with Gasteiger partial charge in [0.2, 0.25) is 17.6 Å². The van der Waals surface area contributed by atoms with Crippen molar-refractivity contribution >= 4 is 69.5 Å². The molecule has 0 saturated carbocycles. The van der Waals surface area contributed by atoms with Crippen molar-refractivity contribution < 1.29 is 57.2 Å². The van der Waals surface area contributed by atoms with Gasteiger partial charge >= 0.3 is 0 Å². The highest BCUT2D eigenvalue weighted by molar-refractivity contribution is 6.37. The smallest absolute Gasteiger partial charge is 0.270 e. The van der Waals surface area contributed by atoms with Crippen molar-refractivity contribution in [3.8, 4) is 41.0 Å². The van der Waals surface area contributed by atoms with E-state index in [1.807, 2.05) is 13.0 Å². The van der Waals surface area contributed by atoms with Gasteiger partial charge in [0.15, 0.2) is 39.9 Å². The second-order valence-corrected chi connectivity index (χ2v) is 26.4. The number of pyridine rings is 1. The fraction of sp³-hybridized carbons (Fsp3) is 0.433. The number of carbonyl (C=O) groups excluding carboxylic acids is 6. The predicted octanol–water partition coefficient (Wildman–Crippen LogP) is 12.8. The van der Waals surface area contributed by atoms with E-state index >= 15 is 9.59 Å². The predicted molar refractivity (Wildman–Crippen MR) is 330 cm³/mol. The molecule has 4 unspecified atom stereocenters. The molecule has 0 radical (unpaired) electrons. The van der Waals surface area contributed by atoms with Crippen LogP contribution in [0.5, 0.6) is 34.9 Å². The molecule has 89 heavy (non-hydrogen) atoms. The van der Waals surface area contributed by atoms with Gasteiger partial charge in [0.1, 0.15) is 90.3 Å². The Balaban J connectivity index is 1.02. The van der Waals surface area contributed by atoms with Gasteiger partial charge in [-0.05, 0) is 209 Å². The molecule has 3 fully saturated rings. The normalized spacial score (nSPS) is 22.2. The Labute approximate surface area is 530 Å². The highest BCUT2D eigenvalue weighted by Gasteiger charge is 2.58. The van der Waals surface area contributed by atoms with Crippen LogP contribution < -0.4 is 19.8 Å². The van der Waals surface area contributed by atoms with Gasteiger partial charge in [-0.15, -0.1) is 15.3 Å². The summed E-state index contributed by atoms with van der Waals surface area (Å²) in [7, 11) is 0. The summed E-state index contributed by atoms with van der Waals surface area (Å²) in [5.41, 5.74) is -5.58. The number of rotatable bonds is 18. The lowest BCUT2D eigenvalue weighted by atomic mass is 9.70. The fourth-order valence-electron chi connectivity index (χ4n) is 12.3. The number of halogens is 3. The summed E-state index contributed by atoms with van der Waals surface area (Å²) in [4.78, 5) is 104. The zero-order valence-electron chi connectivity index (χ0n) is 51.8. The maximum absolute atomic E-state index is 15.5. The first-order chi connectivity index (χ1) is 41.6. The second-order valence-electron chi connectivity index (χ2n) is 25.3. The maximum Gasteiger partial charge on any atom is 0.270 e. The number of benzene rings is 3. The van der Waals surface area contributed by atoms with E-state index in [0.717, 1.165) is 0 Å². The second kappa shape index (κ2) is 24.7. The first-order valence-electron chi connectivity index (χ1n) is 29.2. The Hall–Kier alpha value is -7.57. The number of nitrogens with one attached hydrogen (secondary N) is 1. The number of hydrogen-bond donors (Lipinski definition) is 1. The number of H-pyrrole nitrogens is 1. The van der Waals surface area contributed by atoms with E-state index in [-0.39, 0.29) is 77.0 Å². The number of aromatic nitrogens is 5. The van der Waals surface area contributed by atoms with E-state index in [4.69, 9.17) is 63.2 Å². The van der Waals surface area contributed by atoms with Gasteiger partial charge < -0.3 is 28.4 Å². The van der Waals surface area contributed by atoms with Crippen molar-refractivity contribution in [1.82, 2.24) is 25.4 Å². The van der Waals surface area contributed by atoms with Gasteiger partial charge in [-0.25, -0.2) is 0 Å². The first kappa shape index (κ1) is 65.9. The topological polar surface area (TPSA) is 266 Å². The third kappa shape index (κ3) is 13.1. The number of ether oxygens (including phenoxy) is 6. The van der Waals surface area contributed by atoms with Crippen LogP contribution in [0.2, 0.25) is 15.2 Å². The zero-order chi connectivity index (χ0) is 65.1. The third-order valence-electron chi connectivity index (χ3n) is 16.8. The number of ketones is 6. The number of hydrogen-bond acceptors (Lipinski definition) is 18. The molecule has 3 aromatic heterocycles. The zero-order valence-corrected chi connectivity index (χ0v) is 54.1. The molecule has 3 aliphatic heterocycles. The molecule has 3 aliphatic rings. The molecule has 466 valence electrons. The van der Waals surface area contributed by atoms with Gasteiger partial charge in [-0.3, -0.25) is 38.5 Å². The van der Waals surface area contributed by atoms with Gasteiger partial charge in [-0.1, -0.05) is 59.9 Å². The van der Waals surface area contributed by atoms with Gasteiger partial charge in [-0.2, -0.15) is 10.4 Å². The van der Waals surface area contributed by atoms with Crippen LogP contribution in [0.25, 0.3) is 0 Å². The maximum atomic E-state index is 15.5. The molecule has 0 spiro atoms. The molecule has 3 saturated heterocycles. The molecule has 6 aromatic rings. The lowest BCUT2D eigenvalue weighted by Gasteiger charge is -2.45. The van der Waals surface area contributed by atoms with Crippen molar-refractivity contribution in [2.45, 2.75) is 186 Å². The van der Waals surface area contributed by atoms with Crippen molar-refractivity contribution in [2.24, 2.45) is 0 Å². The van der Waals surface area contributed by atoms with Gasteiger partial charge in [0.05, 0.1) is 5.69 Å². The molecule has 3 aromatic carbocycles. The minimum absolute atomic E-state index is 0.0840. The van der Waals surface area contributed by atoms with Gasteiger partial charge in [0, 0.05) is 12.1 Å². The number of nitriles is 1. The van der Waals surface area contributed by atoms with E-state index in [1.165, 1.54) is 6.07 Å². The number of aryl methyl sites for hydroxylation is 5. The summed E-state index contributed by atoms with van der Waals surface area (Å²) >= 11 is 18.7. The van der Waals surface area contributed by atoms with Crippen molar-refractivity contribution in [3.63, 3.8) is 0 Å². The summed E-state index contributed by atoms with van der Waals surface area (Å²) in [6.07, 6.45) is 1.64. The Bertz CT molecular complexity index is 3980. The van der Waals surface area contributed by atoms with Crippen molar-refractivity contribution in [2.75, 3.05) is 0 Å². The van der Waals surface area contributed by atoms with Crippen LogP contribution in [0, 0.1) is 25.2 Å². The van der Waals surface area contributed by atoms with Crippen LogP contribution in [0.1, 0.15) is 170 Å². The first-order valence-corrected chi connectivity index (χ1v) is 30.4. The fourth-order valence-corrected chi connectivity index (χ4v) is 12.9. The average Bonchev–Trinajstić information content (AvgIpc) is 0.776. The number of nitrogens with zero attached hydrogens (tertiary/aromatic N) is 5. The van der Waals surface area contributed by atoms with E-state index < -0.39 is 96.6 Å². The molecule has 19 nitrogen and oxygen atoms in total. The highest BCUT2D eigenvalue weighted by atomic mass is 35.5. The highest BCUT2D eigenvalue weighted by Crippen LogP contribution is 2.47. The molecule has 9 rings (SSSR count). The molecule has 0 amide bonds. The molecule has 0 bridgehead atoms. The molecule has 22 heteroatoms. The summed E-state index contributed by atoms with van der Waals surface area (Å²) in [6.45, 7) is 21.7. The van der Waals surface area contributed by atoms with E-state index in [2.05, 4.69) is 25.4 Å². The standard InChI is InChI=1S/C67H69Cl3N6O13/c1-14-36-20-23-41(86-61-52(69)45(33-71)51(68)60(83)72-61)32-42(36)49-55(79)64(8,9)88-66(12,57(49)81)27-16-18-38-22-25-40(85-47-29-34(2)59(70)76-75-47)31-44(38)50-56(80)65(10,11)89-67(13,58(50)82)28-15-17-37-21-24-39(84-46-26-19-35(3)73-74-46)30-43(37)48-53(77)62(4,5)87-63(6,7)54(48)78/h19-26,29-32,48-50H,14-18,27-28H2,1-13H3,(H,72,83). The van der Waals surface area contributed by atoms with Crippen LogP contribution in [0.4, 0.5) is 0 Å². The Morgan fingerprint density at radius 1 is 0.517 bits per heavy atom. The quantitative estimate of drug-likeness (QED) is 0.0784. The SMILES string of the molecule is CCc1ccc(Oc2[nH]c(=O)c(Cl)c(C#N)c2Cl)cc1C1C(=O)C(C)(C)OC(C)(CCCc2ccc(Oc3cc(C)c(Cl)nn3)cc2C2C(=O)C(C)(C)OC(C)(CCCc3ccc(Oc4ccc(C)nn4)cc3C3C(=O)C(C)(C)OC(C)(C)C3=O)C2=O)C1=O. The monoisotopic (exact) mass is 1270 g/mol.